The lowest BCUT2D eigenvalue weighted by Gasteiger charge is -2.14. The average molecular weight is 451 g/mol. The molecule has 2 aromatic carbocycles. The summed E-state index contributed by atoms with van der Waals surface area (Å²) in [4.78, 5) is 34.4. The molecule has 3 aromatic heterocycles. The molecule has 0 aliphatic carbocycles. The van der Waals surface area contributed by atoms with Crippen molar-refractivity contribution in [3.05, 3.63) is 94.5 Å². The van der Waals surface area contributed by atoms with Crippen LogP contribution in [0.5, 0.6) is 0 Å². The Morgan fingerprint density at radius 3 is 2.65 bits per heavy atom. The van der Waals surface area contributed by atoms with Crippen molar-refractivity contribution in [3.63, 3.8) is 0 Å². The maximum Gasteiger partial charge on any atom is 0.259 e. The number of aromatic nitrogens is 4. The fourth-order valence-corrected chi connectivity index (χ4v) is 3.85. The third-order valence-corrected chi connectivity index (χ3v) is 5.79. The highest BCUT2D eigenvalue weighted by atomic mass is 16.5. The van der Waals surface area contributed by atoms with Gasteiger partial charge in [-0.3, -0.25) is 19.1 Å². The summed E-state index contributed by atoms with van der Waals surface area (Å²) in [7, 11) is 0. The van der Waals surface area contributed by atoms with E-state index in [1.807, 2.05) is 50.2 Å². The van der Waals surface area contributed by atoms with Gasteiger partial charge in [0.15, 0.2) is 0 Å². The predicted molar refractivity (Wildman–Crippen MR) is 129 cm³/mol. The van der Waals surface area contributed by atoms with Gasteiger partial charge >= 0.3 is 0 Å². The Balaban J connectivity index is 1.51. The summed E-state index contributed by atoms with van der Waals surface area (Å²) >= 11 is 0. The Hall–Kier alpha value is -4.59. The lowest BCUT2D eigenvalue weighted by molar-refractivity contribution is -0.116. The standard InChI is InChI=1S/C26H21N5O3/c1-16-6-5-8-21(17(16)2)28-23(32)15-31-22-9-4-3-7-19(22)20(14-24(31)33)26-29-25(30-34-26)18-10-12-27-13-11-18/h3-14H,15H2,1-2H3,(H,28,32). The van der Waals surface area contributed by atoms with Crippen molar-refractivity contribution in [2.24, 2.45) is 0 Å². The molecular formula is C26H21N5O3. The van der Waals surface area contributed by atoms with E-state index in [1.165, 1.54) is 10.6 Å². The zero-order valence-electron chi connectivity index (χ0n) is 18.6. The summed E-state index contributed by atoms with van der Waals surface area (Å²) in [5.74, 6) is 0.345. The van der Waals surface area contributed by atoms with Crippen LogP contribution in [0.1, 0.15) is 11.1 Å². The molecule has 1 N–H and O–H groups in total. The SMILES string of the molecule is Cc1cccc(NC(=O)Cn2c(=O)cc(-c3nc(-c4ccncc4)no3)c3ccccc32)c1C. The van der Waals surface area contributed by atoms with Crippen molar-refractivity contribution >= 4 is 22.5 Å². The van der Waals surface area contributed by atoms with Gasteiger partial charge in [-0.1, -0.05) is 35.5 Å². The minimum Gasteiger partial charge on any atom is -0.334 e. The number of carbonyl (C=O) groups is 1. The highest BCUT2D eigenvalue weighted by molar-refractivity contribution is 5.95. The van der Waals surface area contributed by atoms with Gasteiger partial charge in [-0.25, -0.2) is 0 Å². The Morgan fingerprint density at radius 1 is 1.03 bits per heavy atom. The first-order valence-corrected chi connectivity index (χ1v) is 10.7. The molecule has 0 bridgehead atoms. The van der Waals surface area contributed by atoms with Crippen LogP contribution in [0.3, 0.4) is 0 Å². The van der Waals surface area contributed by atoms with Crippen LogP contribution in [0, 0.1) is 13.8 Å². The smallest absolute Gasteiger partial charge is 0.259 e. The maximum atomic E-state index is 13.1. The molecule has 34 heavy (non-hydrogen) atoms. The van der Waals surface area contributed by atoms with Gasteiger partial charge in [0.25, 0.3) is 11.4 Å². The monoisotopic (exact) mass is 451 g/mol. The second kappa shape index (κ2) is 8.74. The Kier molecular flexibility index (Phi) is 5.47. The largest absolute Gasteiger partial charge is 0.334 e. The Labute approximate surface area is 194 Å². The van der Waals surface area contributed by atoms with Gasteiger partial charge in [-0.05, 0) is 49.2 Å². The summed E-state index contributed by atoms with van der Waals surface area (Å²) in [6.45, 7) is 3.81. The molecule has 1 amide bonds. The maximum absolute atomic E-state index is 13.1. The first-order valence-electron chi connectivity index (χ1n) is 10.7. The summed E-state index contributed by atoms with van der Waals surface area (Å²) in [5.41, 5.74) is 4.33. The molecule has 168 valence electrons. The molecule has 0 unspecified atom stereocenters. The van der Waals surface area contributed by atoms with Crippen molar-refractivity contribution in [1.82, 2.24) is 19.7 Å². The average Bonchev–Trinajstić information content (AvgIpc) is 3.34. The molecule has 0 radical (unpaired) electrons. The quantitative estimate of drug-likeness (QED) is 0.426. The summed E-state index contributed by atoms with van der Waals surface area (Å²) < 4.78 is 6.93. The van der Waals surface area contributed by atoms with Crippen LogP contribution < -0.4 is 10.9 Å². The molecular weight excluding hydrogens is 430 g/mol. The number of amides is 1. The summed E-state index contributed by atoms with van der Waals surface area (Å²) in [5, 5.41) is 7.69. The van der Waals surface area contributed by atoms with Crippen LogP contribution in [-0.4, -0.2) is 25.6 Å². The van der Waals surface area contributed by atoms with E-state index in [-0.39, 0.29) is 23.9 Å². The van der Waals surface area contributed by atoms with Crippen LogP contribution in [-0.2, 0) is 11.3 Å². The second-order valence-corrected chi connectivity index (χ2v) is 7.95. The molecule has 5 rings (SSSR count). The van der Waals surface area contributed by atoms with E-state index >= 15 is 0 Å². The van der Waals surface area contributed by atoms with Crippen molar-refractivity contribution < 1.29 is 9.32 Å². The third-order valence-electron chi connectivity index (χ3n) is 5.79. The van der Waals surface area contributed by atoms with E-state index < -0.39 is 0 Å². The van der Waals surface area contributed by atoms with E-state index in [2.05, 4.69) is 20.4 Å². The molecule has 0 atom stereocenters. The van der Waals surface area contributed by atoms with Crippen LogP contribution in [0.4, 0.5) is 5.69 Å². The summed E-state index contributed by atoms with van der Waals surface area (Å²) in [6.07, 6.45) is 3.29. The van der Waals surface area contributed by atoms with Gasteiger partial charge in [0, 0.05) is 35.1 Å². The molecule has 5 aromatic rings. The number of carbonyl (C=O) groups excluding carboxylic acids is 1. The molecule has 0 fully saturated rings. The number of rotatable bonds is 5. The topological polar surface area (TPSA) is 103 Å². The third kappa shape index (κ3) is 3.97. The first kappa shape index (κ1) is 21.3. The number of hydrogen-bond donors (Lipinski definition) is 1. The van der Waals surface area contributed by atoms with Crippen LogP contribution >= 0.6 is 0 Å². The van der Waals surface area contributed by atoms with Gasteiger partial charge in [0.2, 0.25) is 11.7 Å². The van der Waals surface area contributed by atoms with Gasteiger partial charge in [0.05, 0.1) is 11.1 Å². The lowest BCUT2D eigenvalue weighted by atomic mass is 10.1. The van der Waals surface area contributed by atoms with E-state index in [0.717, 1.165) is 27.8 Å². The molecule has 0 saturated heterocycles. The number of nitrogens with one attached hydrogen (secondary N) is 1. The van der Waals surface area contributed by atoms with Gasteiger partial charge in [0.1, 0.15) is 6.54 Å². The zero-order valence-corrected chi connectivity index (χ0v) is 18.6. The number of benzene rings is 2. The Morgan fingerprint density at radius 2 is 1.82 bits per heavy atom. The molecule has 0 saturated carbocycles. The van der Waals surface area contributed by atoms with Gasteiger partial charge < -0.3 is 9.84 Å². The van der Waals surface area contributed by atoms with Gasteiger partial charge in [-0.15, -0.1) is 0 Å². The molecule has 3 heterocycles. The fourth-order valence-electron chi connectivity index (χ4n) is 3.85. The molecule has 8 heteroatoms. The number of para-hydroxylation sites is 1. The van der Waals surface area contributed by atoms with Crippen molar-refractivity contribution in [3.8, 4) is 22.8 Å². The van der Waals surface area contributed by atoms with E-state index in [4.69, 9.17) is 4.52 Å². The minimum absolute atomic E-state index is 0.126. The van der Waals surface area contributed by atoms with Crippen molar-refractivity contribution in [2.45, 2.75) is 20.4 Å². The molecule has 0 aliphatic rings. The number of anilines is 1. The summed E-state index contributed by atoms with van der Waals surface area (Å²) in [6, 6.07) is 18.0. The first-order chi connectivity index (χ1) is 16.5. The van der Waals surface area contributed by atoms with E-state index in [1.54, 1.807) is 30.6 Å². The van der Waals surface area contributed by atoms with E-state index in [0.29, 0.717) is 16.9 Å². The van der Waals surface area contributed by atoms with E-state index in [9.17, 15) is 9.59 Å². The number of pyridine rings is 2. The fraction of sp³-hybridized carbons (Fsp3) is 0.115. The predicted octanol–water partition coefficient (Wildman–Crippen LogP) is 4.37. The van der Waals surface area contributed by atoms with Crippen LogP contribution in [0.15, 0.2) is 82.4 Å². The minimum atomic E-state index is -0.339. The Bertz CT molecular complexity index is 1570. The van der Waals surface area contributed by atoms with Crippen LogP contribution in [0.2, 0.25) is 0 Å². The highest BCUT2D eigenvalue weighted by Gasteiger charge is 2.18. The molecule has 8 nitrogen and oxygen atoms in total. The number of hydrogen-bond acceptors (Lipinski definition) is 6. The van der Waals surface area contributed by atoms with Crippen molar-refractivity contribution in [1.29, 1.82) is 0 Å². The number of nitrogens with zero attached hydrogens (tertiary/aromatic N) is 4. The second-order valence-electron chi connectivity index (χ2n) is 7.95. The molecule has 0 spiro atoms. The van der Waals surface area contributed by atoms with Crippen LogP contribution in [0.25, 0.3) is 33.7 Å². The van der Waals surface area contributed by atoms with Gasteiger partial charge in [-0.2, -0.15) is 4.98 Å². The lowest BCUT2D eigenvalue weighted by Crippen LogP contribution is -2.28. The number of fused-ring (bicyclic) bond motifs is 1. The van der Waals surface area contributed by atoms with Crippen molar-refractivity contribution in [2.75, 3.05) is 5.32 Å². The number of aryl methyl sites for hydroxylation is 1. The normalized spacial score (nSPS) is 11.0. The molecule has 0 aliphatic heterocycles. The highest BCUT2D eigenvalue weighted by Crippen LogP contribution is 2.28. The zero-order chi connectivity index (χ0) is 23.7.